The van der Waals surface area contributed by atoms with Crippen molar-refractivity contribution >= 4 is 17.2 Å². The molecule has 0 spiro atoms. The highest BCUT2D eigenvalue weighted by atomic mass is 32.1. The Morgan fingerprint density at radius 1 is 1.42 bits per heavy atom. The zero-order valence-corrected chi connectivity index (χ0v) is 11.8. The number of rotatable bonds is 2. The summed E-state index contributed by atoms with van der Waals surface area (Å²) in [5.41, 5.74) is 0. The lowest BCUT2D eigenvalue weighted by Crippen LogP contribution is -2.44. The maximum Gasteiger partial charge on any atom is 0.238 e. The minimum absolute atomic E-state index is 0.0548. The average Bonchev–Trinajstić information content (AvgIpc) is 3.11. The Labute approximate surface area is 116 Å². The number of aryl methyl sites for hydroxylation is 1. The van der Waals surface area contributed by atoms with Gasteiger partial charge in [-0.3, -0.25) is 10.1 Å². The Balaban J connectivity index is 1.63. The molecule has 4 heterocycles. The van der Waals surface area contributed by atoms with Crippen LogP contribution in [0, 0.1) is 6.92 Å². The molecule has 4 rings (SSSR count). The molecule has 1 aromatic heterocycles. The highest BCUT2D eigenvalue weighted by Crippen LogP contribution is 2.41. The number of carbonyl (C=O) groups is 1. The van der Waals surface area contributed by atoms with Crippen molar-refractivity contribution in [1.29, 1.82) is 0 Å². The molecule has 3 aliphatic heterocycles. The molecule has 102 valence electrons. The predicted molar refractivity (Wildman–Crippen MR) is 72.9 cm³/mol. The van der Waals surface area contributed by atoms with E-state index in [1.54, 1.807) is 11.3 Å². The first kappa shape index (κ1) is 11.9. The number of amides is 1. The molecule has 0 aliphatic carbocycles. The van der Waals surface area contributed by atoms with Gasteiger partial charge in [-0.1, -0.05) is 0 Å². The second kappa shape index (κ2) is 4.30. The molecule has 5 heteroatoms. The first-order chi connectivity index (χ1) is 9.22. The molecule has 19 heavy (non-hydrogen) atoms. The quantitative estimate of drug-likeness (QED) is 0.897. The Bertz CT molecular complexity index is 515. The summed E-state index contributed by atoms with van der Waals surface area (Å²) in [6.07, 6.45) is 3.99. The van der Waals surface area contributed by atoms with Crippen LogP contribution in [0.1, 0.15) is 35.2 Å². The third-order valence-electron chi connectivity index (χ3n) is 4.47. The Hall–Kier alpha value is -0.910. The molecule has 0 aromatic carbocycles. The first-order valence-corrected chi connectivity index (χ1v) is 7.80. The molecule has 3 saturated heterocycles. The summed E-state index contributed by atoms with van der Waals surface area (Å²) in [6.45, 7) is 2.56. The van der Waals surface area contributed by atoms with Gasteiger partial charge < -0.3 is 9.64 Å². The Morgan fingerprint density at radius 3 is 2.95 bits per heavy atom. The standard InChI is InChI=1S/C14H18N2O2S/c1-8-2-5-12(19-8)14-15-7-13(17)16(14)10-6-9-3-4-11(10)18-9/h2,5,9-11,14-15H,3-4,6-7H2,1H3. The highest BCUT2D eigenvalue weighted by molar-refractivity contribution is 7.12. The van der Waals surface area contributed by atoms with Crippen LogP contribution in [0.2, 0.25) is 0 Å². The molecule has 3 fully saturated rings. The molecule has 2 bridgehead atoms. The molecule has 4 nitrogen and oxygen atoms in total. The van der Waals surface area contributed by atoms with E-state index in [1.165, 1.54) is 16.2 Å². The molecule has 3 aliphatic rings. The van der Waals surface area contributed by atoms with E-state index < -0.39 is 0 Å². The summed E-state index contributed by atoms with van der Waals surface area (Å²) in [4.78, 5) is 16.8. The maximum atomic E-state index is 12.2. The van der Waals surface area contributed by atoms with Crippen LogP contribution in [0.15, 0.2) is 12.1 Å². The third kappa shape index (κ3) is 1.83. The number of ether oxygens (including phenoxy) is 1. The smallest absolute Gasteiger partial charge is 0.238 e. The molecule has 0 saturated carbocycles. The lowest BCUT2D eigenvalue weighted by Gasteiger charge is -2.33. The van der Waals surface area contributed by atoms with Crippen molar-refractivity contribution in [3.63, 3.8) is 0 Å². The van der Waals surface area contributed by atoms with Crippen molar-refractivity contribution in [2.45, 2.75) is 50.6 Å². The molecule has 1 amide bonds. The summed E-state index contributed by atoms with van der Waals surface area (Å²) >= 11 is 1.77. The van der Waals surface area contributed by atoms with Gasteiger partial charge in [0.05, 0.1) is 24.8 Å². The van der Waals surface area contributed by atoms with Crippen molar-refractivity contribution in [2.75, 3.05) is 6.54 Å². The number of thiophene rings is 1. The molecule has 4 unspecified atom stereocenters. The minimum atomic E-state index is 0.0548. The number of hydrogen-bond acceptors (Lipinski definition) is 4. The first-order valence-electron chi connectivity index (χ1n) is 6.99. The normalized spacial score (nSPS) is 37.5. The summed E-state index contributed by atoms with van der Waals surface area (Å²) < 4.78 is 5.92. The van der Waals surface area contributed by atoms with Crippen LogP contribution in [0.25, 0.3) is 0 Å². The third-order valence-corrected chi connectivity index (χ3v) is 5.53. The van der Waals surface area contributed by atoms with Crippen molar-refractivity contribution in [3.05, 3.63) is 21.9 Å². The van der Waals surface area contributed by atoms with E-state index in [4.69, 9.17) is 4.74 Å². The van der Waals surface area contributed by atoms with Crippen LogP contribution in [0.5, 0.6) is 0 Å². The topological polar surface area (TPSA) is 41.6 Å². The van der Waals surface area contributed by atoms with Gasteiger partial charge >= 0.3 is 0 Å². The Kier molecular flexibility index (Phi) is 2.69. The van der Waals surface area contributed by atoms with Crippen LogP contribution >= 0.6 is 11.3 Å². The van der Waals surface area contributed by atoms with Crippen LogP contribution in [0.4, 0.5) is 0 Å². The second-order valence-electron chi connectivity index (χ2n) is 5.71. The molecular formula is C14H18N2O2S. The van der Waals surface area contributed by atoms with Crippen LogP contribution in [-0.4, -0.2) is 35.6 Å². The lowest BCUT2D eigenvalue weighted by molar-refractivity contribution is -0.131. The van der Waals surface area contributed by atoms with E-state index in [0.29, 0.717) is 12.6 Å². The fraction of sp³-hybridized carbons (Fsp3) is 0.643. The van der Waals surface area contributed by atoms with Gasteiger partial charge in [-0.2, -0.15) is 0 Å². The van der Waals surface area contributed by atoms with E-state index in [-0.39, 0.29) is 24.2 Å². The molecule has 1 aromatic rings. The van der Waals surface area contributed by atoms with E-state index in [0.717, 1.165) is 12.8 Å². The number of carbonyl (C=O) groups excluding carboxylic acids is 1. The van der Waals surface area contributed by atoms with Crippen molar-refractivity contribution < 1.29 is 9.53 Å². The van der Waals surface area contributed by atoms with Gasteiger partial charge in [0.1, 0.15) is 6.17 Å². The number of hydrogen-bond donors (Lipinski definition) is 1. The van der Waals surface area contributed by atoms with Gasteiger partial charge in [-0.05, 0) is 38.3 Å². The number of fused-ring (bicyclic) bond motifs is 2. The largest absolute Gasteiger partial charge is 0.373 e. The predicted octanol–water partition coefficient (Wildman–Crippen LogP) is 1.81. The van der Waals surface area contributed by atoms with Crippen LogP contribution in [0.3, 0.4) is 0 Å². The van der Waals surface area contributed by atoms with E-state index in [2.05, 4.69) is 29.3 Å². The molecule has 1 N–H and O–H groups in total. The summed E-state index contributed by atoms with van der Waals surface area (Å²) in [6, 6.07) is 4.53. The monoisotopic (exact) mass is 278 g/mol. The van der Waals surface area contributed by atoms with Crippen molar-refractivity contribution in [2.24, 2.45) is 0 Å². The van der Waals surface area contributed by atoms with Crippen molar-refractivity contribution in [3.8, 4) is 0 Å². The van der Waals surface area contributed by atoms with E-state index >= 15 is 0 Å². The minimum Gasteiger partial charge on any atom is -0.373 e. The van der Waals surface area contributed by atoms with Gasteiger partial charge in [0, 0.05) is 9.75 Å². The van der Waals surface area contributed by atoms with Gasteiger partial charge in [0.15, 0.2) is 0 Å². The fourth-order valence-electron chi connectivity index (χ4n) is 3.64. The van der Waals surface area contributed by atoms with Crippen LogP contribution < -0.4 is 5.32 Å². The zero-order chi connectivity index (χ0) is 13.0. The van der Waals surface area contributed by atoms with Crippen LogP contribution in [-0.2, 0) is 9.53 Å². The summed E-state index contributed by atoms with van der Waals surface area (Å²) in [7, 11) is 0. The number of nitrogens with one attached hydrogen (secondary N) is 1. The van der Waals surface area contributed by atoms with E-state index in [1.807, 2.05) is 0 Å². The van der Waals surface area contributed by atoms with Crippen molar-refractivity contribution in [1.82, 2.24) is 10.2 Å². The van der Waals surface area contributed by atoms with Gasteiger partial charge in [-0.25, -0.2) is 0 Å². The SMILES string of the molecule is Cc1ccc(C2NCC(=O)N2C2CC3CCC2O3)s1. The molecule has 0 radical (unpaired) electrons. The van der Waals surface area contributed by atoms with Gasteiger partial charge in [-0.15, -0.1) is 11.3 Å². The second-order valence-corrected chi connectivity index (χ2v) is 7.03. The molecular weight excluding hydrogens is 260 g/mol. The maximum absolute atomic E-state index is 12.2. The lowest BCUT2D eigenvalue weighted by atomic mass is 9.94. The fourth-order valence-corrected chi connectivity index (χ4v) is 4.59. The highest BCUT2D eigenvalue weighted by Gasteiger charge is 2.49. The summed E-state index contributed by atoms with van der Waals surface area (Å²) in [5.74, 6) is 0.220. The summed E-state index contributed by atoms with van der Waals surface area (Å²) in [5, 5.41) is 3.35. The van der Waals surface area contributed by atoms with Gasteiger partial charge in [0.25, 0.3) is 0 Å². The zero-order valence-electron chi connectivity index (χ0n) is 11.0. The van der Waals surface area contributed by atoms with Gasteiger partial charge in [0.2, 0.25) is 5.91 Å². The Morgan fingerprint density at radius 2 is 2.32 bits per heavy atom. The average molecular weight is 278 g/mol. The number of nitrogens with zero attached hydrogens (tertiary/aromatic N) is 1. The van der Waals surface area contributed by atoms with E-state index in [9.17, 15) is 4.79 Å². The molecule has 4 atom stereocenters.